The summed E-state index contributed by atoms with van der Waals surface area (Å²) in [6.07, 6.45) is 0. The maximum absolute atomic E-state index is 13.1. The van der Waals surface area contributed by atoms with E-state index in [0.717, 1.165) is 15.7 Å². The first kappa shape index (κ1) is 12.7. The fraction of sp³-hybridized carbons (Fsp3) is 0.250. The van der Waals surface area contributed by atoms with Gasteiger partial charge in [-0.25, -0.2) is 9.37 Å². The molecule has 1 atom stereocenters. The summed E-state index contributed by atoms with van der Waals surface area (Å²) in [5.41, 5.74) is 3.74. The highest BCUT2D eigenvalue weighted by Crippen LogP contribution is 2.19. The topological polar surface area (TPSA) is 24.9 Å². The molecule has 0 aliphatic heterocycles. The van der Waals surface area contributed by atoms with E-state index in [9.17, 15) is 4.39 Å². The first-order valence-electron chi connectivity index (χ1n) is 5.22. The fourth-order valence-electron chi connectivity index (χ4n) is 1.48. The van der Waals surface area contributed by atoms with Crippen LogP contribution in [0.5, 0.6) is 0 Å². The van der Waals surface area contributed by atoms with Gasteiger partial charge in [-0.3, -0.25) is 0 Å². The van der Waals surface area contributed by atoms with E-state index in [1.807, 2.05) is 17.8 Å². The number of rotatable bonds is 4. The number of hydrogen-bond acceptors (Lipinski definition) is 3. The molecule has 0 saturated heterocycles. The maximum atomic E-state index is 13.1. The number of halogens is 2. The highest BCUT2D eigenvalue weighted by Gasteiger charge is 2.08. The van der Waals surface area contributed by atoms with Crippen molar-refractivity contribution < 1.29 is 4.39 Å². The molecule has 1 N–H and O–H groups in total. The zero-order valence-corrected chi connectivity index (χ0v) is 11.7. The lowest BCUT2D eigenvalue weighted by Crippen LogP contribution is -2.18. The molecule has 0 radical (unpaired) electrons. The Kier molecular flexibility index (Phi) is 4.25. The molecule has 1 heterocycles. The highest BCUT2D eigenvalue weighted by molar-refractivity contribution is 9.10. The van der Waals surface area contributed by atoms with Gasteiger partial charge in [-0.15, -0.1) is 11.3 Å². The Hall–Kier alpha value is -0.780. The smallest absolute Gasteiger partial charge is 0.123 e. The van der Waals surface area contributed by atoms with E-state index in [0.29, 0.717) is 6.54 Å². The standard InChI is InChI=1S/C12H12BrFN2S/c1-8(12-6-17-7-16-12)15-5-9-4-10(14)2-3-11(9)13/h2-4,6-8,15H,5H2,1H3. The SMILES string of the molecule is CC(NCc1cc(F)ccc1Br)c1cscn1. The second-order valence-electron chi connectivity index (χ2n) is 3.75. The van der Waals surface area contributed by atoms with Crippen LogP contribution < -0.4 is 5.32 Å². The van der Waals surface area contributed by atoms with Crippen LogP contribution in [0.1, 0.15) is 24.2 Å². The number of thiazole rings is 1. The minimum Gasteiger partial charge on any atom is -0.305 e. The fourth-order valence-corrected chi connectivity index (χ4v) is 2.52. The highest BCUT2D eigenvalue weighted by atomic mass is 79.9. The van der Waals surface area contributed by atoms with Crippen molar-refractivity contribution in [2.75, 3.05) is 0 Å². The van der Waals surface area contributed by atoms with Gasteiger partial charge >= 0.3 is 0 Å². The van der Waals surface area contributed by atoms with Crippen molar-refractivity contribution >= 4 is 27.3 Å². The van der Waals surface area contributed by atoms with Crippen molar-refractivity contribution in [3.05, 3.63) is 50.6 Å². The van der Waals surface area contributed by atoms with Crippen LogP contribution in [0, 0.1) is 5.82 Å². The average molecular weight is 315 g/mol. The van der Waals surface area contributed by atoms with Gasteiger partial charge in [0.25, 0.3) is 0 Å². The van der Waals surface area contributed by atoms with E-state index in [1.54, 1.807) is 17.4 Å². The lowest BCUT2D eigenvalue weighted by atomic mass is 10.2. The maximum Gasteiger partial charge on any atom is 0.123 e. The lowest BCUT2D eigenvalue weighted by Gasteiger charge is -2.12. The molecule has 1 unspecified atom stereocenters. The molecule has 0 spiro atoms. The normalized spacial score (nSPS) is 12.6. The van der Waals surface area contributed by atoms with E-state index in [4.69, 9.17) is 0 Å². The Morgan fingerprint density at radius 3 is 3.06 bits per heavy atom. The molecule has 0 fully saturated rings. The summed E-state index contributed by atoms with van der Waals surface area (Å²) in [6, 6.07) is 4.86. The van der Waals surface area contributed by atoms with Crippen molar-refractivity contribution in [1.82, 2.24) is 10.3 Å². The molecule has 0 saturated carbocycles. The second kappa shape index (κ2) is 5.71. The molecule has 90 valence electrons. The van der Waals surface area contributed by atoms with Crippen LogP contribution in [0.3, 0.4) is 0 Å². The van der Waals surface area contributed by atoms with Gasteiger partial charge in [-0.2, -0.15) is 0 Å². The first-order chi connectivity index (χ1) is 8.16. The summed E-state index contributed by atoms with van der Waals surface area (Å²) in [6.45, 7) is 2.65. The monoisotopic (exact) mass is 314 g/mol. The quantitative estimate of drug-likeness (QED) is 0.926. The summed E-state index contributed by atoms with van der Waals surface area (Å²) in [5, 5.41) is 5.33. The van der Waals surface area contributed by atoms with Gasteiger partial charge in [-0.05, 0) is 30.7 Å². The van der Waals surface area contributed by atoms with Gasteiger partial charge in [-0.1, -0.05) is 15.9 Å². The number of nitrogens with zero attached hydrogens (tertiary/aromatic N) is 1. The van der Waals surface area contributed by atoms with Crippen LogP contribution in [0.4, 0.5) is 4.39 Å². The van der Waals surface area contributed by atoms with Crippen LogP contribution in [0.15, 0.2) is 33.6 Å². The first-order valence-corrected chi connectivity index (χ1v) is 6.96. The lowest BCUT2D eigenvalue weighted by molar-refractivity contribution is 0.559. The minimum atomic E-state index is -0.216. The zero-order valence-electron chi connectivity index (χ0n) is 9.28. The average Bonchev–Trinajstić information content (AvgIpc) is 2.83. The summed E-state index contributed by atoms with van der Waals surface area (Å²) >= 11 is 4.98. The molecule has 0 aliphatic carbocycles. The molecule has 17 heavy (non-hydrogen) atoms. The van der Waals surface area contributed by atoms with E-state index in [2.05, 4.69) is 26.2 Å². The van der Waals surface area contributed by atoms with Gasteiger partial charge in [0.1, 0.15) is 5.82 Å². The van der Waals surface area contributed by atoms with Crippen LogP contribution in [-0.2, 0) is 6.54 Å². The third kappa shape index (κ3) is 3.34. The molecule has 5 heteroatoms. The molecule has 0 aliphatic rings. The molecule has 1 aromatic carbocycles. The van der Waals surface area contributed by atoms with Gasteiger partial charge < -0.3 is 5.32 Å². The number of benzene rings is 1. The summed E-state index contributed by atoms with van der Waals surface area (Å²) < 4.78 is 14.0. The van der Waals surface area contributed by atoms with E-state index < -0.39 is 0 Å². The van der Waals surface area contributed by atoms with Crippen LogP contribution in [-0.4, -0.2) is 4.98 Å². The Morgan fingerprint density at radius 2 is 2.35 bits per heavy atom. The number of aromatic nitrogens is 1. The largest absolute Gasteiger partial charge is 0.305 e. The molecular weight excluding hydrogens is 303 g/mol. The molecular formula is C12H12BrFN2S. The van der Waals surface area contributed by atoms with E-state index >= 15 is 0 Å². The van der Waals surface area contributed by atoms with Crippen LogP contribution in [0.25, 0.3) is 0 Å². The Labute approximate surface area is 112 Å². The molecule has 0 bridgehead atoms. The Bertz CT molecular complexity index is 487. The molecule has 2 aromatic rings. The number of nitrogens with one attached hydrogen (secondary N) is 1. The third-order valence-electron chi connectivity index (χ3n) is 2.50. The minimum absolute atomic E-state index is 0.163. The van der Waals surface area contributed by atoms with Gasteiger partial charge in [0, 0.05) is 22.4 Å². The Balaban J connectivity index is 2.00. The summed E-state index contributed by atoms with van der Waals surface area (Å²) in [4.78, 5) is 4.24. The molecule has 2 rings (SSSR count). The van der Waals surface area contributed by atoms with E-state index in [-0.39, 0.29) is 11.9 Å². The van der Waals surface area contributed by atoms with Crippen LogP contribution >= 0.6 is 27.3 Å². The van der Waals surface area contributed by atoms with Crippen molar-refractivity contribution in [3.8, 4) is 0 Å². The van der Waals surface area contributed by atoms with Gasteiger partial charge in [0.15, 0.2) is 0 Å². The van der Waals surface area contributed by atoms with Crippen molar-refractivity contribution in [2.24, 2.45) is 0 Å². The second-order valence-corrected chi connectivity index (χ2v) is 5.32. The number of hydrogen-bond donors (Lipinski definition) is 1. The van der Waals surface area contributed by atoms with Crippen molar-refractivity contribution in [1.29, 1.82) is 0 Å². The predicted molar refractivity (Wildman–Crippen MR) is 71.5 cm³/mol. The van der Waals surface area contributed by atoms with Crippen LogP contribution in [0.2, 0.25) is 0 Å². The van der Waals surface area contributed by atoms with Gasteiger partial charge in [0.05, 0.1) is 11.2 Å². The van der Waals surface area contributed by atoms with Gasteiger partial charge in [0.2, 0.25) is 0 Å². The van der Waals surface area contributed by atoms with E-state index in [1.165, 1.54) is 12.1 Å². The molecule has 1 aromatic heterocycles. The third-order valence-corrected chi connectivity index (χ3v) is 3.88. The Morgan fingerprint density at radius 1 is 1.53 bits per heavy atom. The molecule has 0 amide bonds. The molecule has 2 nitrogen and oxygen atoms in total. The van der Waals surface area contributed by atoms with Crippen molar-refractivity contribution in [2.45, 2.75) is 19.5 Å². The summed E-state index contributed by atoms with van der Waals surface area (Å²) in [5.74, 6) is -0.216. The predicted octanol–water partition coefficient (Wildman–Crippen LogP) is 3.90. The summed E-state index contributed by atoms with van der Waals surface area (Å²) in [7, 11) is 0. The van der Waals surface area contributed by atoms with Crippen molar-refractivity contribution in [3.63, 3.8) is 0 Å². The zero-order chi connectivity index (χ0) is 12.3.